The average Bonchev–Trinajstić information content (AvgIpc) is 2.17. The molecule has 1 N–H and O–H groups in total. The van der Waals surface area contributed by atoms with Crippen molar-refractivity contribution in [1.82, 2.24) is 0 Å². The van der Waals surface area contributed by atoms with Crippen molar-refractivity contribution in [2.45, 2.75) is 27.7 Å². The smallest absolute Gasteiger partial charge is 0.0617 e. The van der Waals surface area contributed by atoms with Crippen molar-refractivity contribution in [1.29, 1.82) is 0 Å². The largest absolute Gasteiger partial charge is 0.392 e. The Labute approximate surface area is 99.2 Å². The maximum absolute atomic E-state index is 8.67. The van der Waals surface area contributed by atoms with E-state index in [1.807, 2.05) is 31.2 Å². The molecule has 0 amide bonds. The summed E-state index contributed by atoms with van der Waals surface area (Å²) in [6.07, 6.45) is 14.0. The molecule has 0 atom stereocenters. The second-order valence-corrected chi connectivity index (χ2v) is 4.00. The lowest BCUT2D eigenvalue weighted by molar-refractivity contribution is 0.342. The lowest BCUT2D eigenvalue weighted by atomic mass is 10.2. The predicted molar refractivity (Wildman–Crippen MR) is 72.3 cm³/mol. The quantitative estimate of drug-likeness (QED) is 0.693. The second kappa shape index (κ2) is 8.93. The molecule has 0 aliphatic rings. The summed E-state index contributed by atoms with van der Waals surface area (Å²) in [5.41, 5.74) is 3.56. The normalized spacial score (nSPS) is 13.8. The Balaban J connectivity index is 4.30. The highest BCUT2D eigenvalue weighted by molar-refractivity contribution is 5.28. The topological polar surface area (TPSA) is 20.2 Å². The monoisotopic (exact) mass is 218 g/mol. The van der Waals surface area contributed by atoms with Crippen LogP contribution in [0.5, 0.6) is 0 Å². The van der Waals surface area contributed by atoms with Gasteiger partial charge in [-0.1, -0.05) is 59.3 Å². The minimum atomic E-state index is 0.0966. The van der Waals surface area contributed by atoms with Gasteiger partial charge in [-0.2, -0.15) is 0 Å². The number of aliphatic hydroxyl groups excluding tert-OH is 1. The lowest BCUT2D eigenvalue weighted by Crippen LogP contribution is -1.75. The molecule has 0 bridgehead atoms. The summed E-state index contributed by atoms with van der Waals surface area (Å²) in [5.74, 6) is 0. The summed E-state index contributed by atoms with van der Waals surface area (Å²) < 4.78 is 0. The van der Waals surface area contributed by atoms with Gasteiger partial charge < -0.3 is 5.11 Å². The third-order valence-electron chi connectivity index (χ3n) is 1.92. The van der Waals surface area contributed by atoms with E-state index in [2.05, 4.69) is 32.9 Å². The molecule has 1 nitrogen and oxygen atoms in total. The Hall–Kier alpha value is -1.34. The van der Waals surface area contributed by atoms with Crippen molar-refractivity contribution < 1.29 is 5.11 Å². The molecule has 0 aromatic rings. The van der Waals surface area contributed by atoms with Gasteiger partial charge in [-0.25, -0.2) is 0 Å². The van der Waals surface area contributed by atoms with Gasteiger partial charge in [0.2, 0.25) is 0 Å². The molecule has 0 unspecified atom stereocenters. The molecule has 0 aromatic heterocycles. The van der Waals surface area contributed by atoms with Crippen molar-refractivity contribution in [3.63, 3.8) is 0 Å². The third-order valence-corrected chi connectivity index (χ3v) is 1.92. The Kier molecular flexibility index (Phi) is 8.18. The van der Waals surface area contributed by atoms with E-state index in [0.29, 0.717) is 0 Å². The number of rotatable bonds is 5. The zero-order valence-electron chi connectivity index (χ0n) is 10.7. The molecule has 0 spiro atoms. The Morgan fingerprint density at radius 1 is 0.875 bits per heavy atom. The Morgan fingerprint density at radius 2 is 1.44 bits per heavy atom. The van der Waals surface area contributed by atoms with Crippen LogP contribution in [0.2, 0.25) is 0 Å². The fraction of sp³-hybridized carbons (Fsp3) is 0.333. The van der Waals surface area contributed by atoms with Crippen molar-refractivity contribution in [3.8, 4) is 0 Å². The summed E-state index contributed by atoms with van der Waals surface area (Å²) in [7, 11) is 0. The molecule has 0 aliphatic heterocycles. The number of allylic oxidation sites excluding steroid dienone is 9. The summed E-state index contributed by atoms with van der Waals surface area (Å²) in [5, 5.41) is 8.67. The van der Waals surface area contributed by atoms with Gasteiger partial charge in [-0.3, -0.25) is 0 Å². The predicted octanol–water partition coefficient (Wildman–Crippen LogP) is 3.95. The molecule has 0 heterocycles. The van der Waals surface area contributed by atoms with Gasteiger partial charge in [0, 0.05) is 0 Å². The first-order valence-electron chi connectivity index (χ1n) is 5.50. The highest BCUT2D eigenvalue weighted by Crippen LogP contribution is 2.00. The molecule has 0 saturated carbocycles. The zero-order chi connectivity index (χ0) is 12.4. The van der Waals surface area contributed by atoms with E-state index in [4.69, 9.17) is 5.11 Å². The fourth-order valence-electron chi connectivity index (χ4n) is 1.01. The standard InChI is InChI=1S/C15H22O/c1-13(2)7-5-8-14(3)9-6-10-15(4)11-12-16/h5-11,16H,12H2,1-4H3/b8-5+,10-6+,14-9+,15-11-. The minimum absolute atomic E-state index is 0.0966. The van der Waals surface area contributed by atoms with E-state index in [-0.39, 0.29) is 6.61 Å². The van der Waals surface area contributed by atoms with Crippen LogP contribution in [-0.2, 0) is 0 Å². The molecule has 0 saturated heterocycles. The summed E-state index contributed by atoms with van der Waals surface area (Å²) in [4.78, 5) is 0. The van der Waals surface area contributed by atoms with Crippen LogP contribution in [0.25, 0.3) is 0 Å². The van der Waals surface area contributed by atoms with Crippen molar-refractivity contribution >= 4 is 0 Å². The first kappa shape index (κ1) is 14.7. The van der Waals surface area contributed by atoms with Gasteiger partial charge in [-0.15, -0.1) is 0 Å². The van der Waals surface area contributed by atoms with E-state index in [0.717, 1.165) is 5.57 Å². The van der Waals surface area contributed by atoms with Gasteiger partial charge in [-0.05, 0) is 27.7 Å². The number of hydrogen-bond donors (Lipinski definition) is 1. The fourth-order valence-corrected chi connectivity index (χ4v) is 1.01. The van der Waals surface area contributed by atoms with E-state index >= 15 is 0 Å². The lowest BCUT2D eigenvalue weighted by Gasteiger charge is -1.90. The second-order valence-electron chi connectivity index (χ2n) is 4.00. The SMILES string of the molecule is CC(C)=C/C=C/C(C)=C/C=C/C(C)=C\CO. The van der Waals surface area contributed by atoms with E-state index in [9.17, 15) is 0 Å². The van der Waals surface area contributed by atoms with Crippen molar-refractivity contribution in [3.05, 3.63) is 59.3 Å². The van der Waals surface area contributed by atoms with Crippen LogP contribution in [0.15, 0.2) is 59.3 Å². The average molecular weight is 218 g/mol. The molecule has 0 fully saturated rings. The van der Waals surface area contributed by atoms with Crippen molar-refractivity contribution in [2.75, 3.05) is 6.61 Å². The van der Waals surface area contributed by atoms with E-state index in [1.54, 1.807) is 6.08 Å². The summed E-state index contributed by atoms with van der Waals surface area (Å²) in [6.45, 7) is 8.28. The van der Waals surface area contributed by atoms with Crippen LogP contribution >= 0.6 is 0 Å². The van der Waals surface area contributed by atoms with Crippen LogP contribution in [0.4, 0.5) is 0 Å². The molecule has 16 heavy (non-hydrogen) atoms. The van der Waals surface area contributed by atoms with Gasteiger partial charge in [0.25, 0.3) is 0 Å². The maximum atomic E-state index is 8.67. The minimum Gasteiger partial charge on any atom is -0.392 e. The molecule has 88 valence electrons. The maximum Gasteiger partial charge on any atom is 0.0617 e. The van der Waals surface area contributed by atoms with E-state index < -0.39 is 0 Å². The number of aliphatic hydroxyl groups is 1. The Bertz CT molecular complexity index is 334. The molecule has 0 aromatic carbocycles. The van der Waals surface area contributed by atoms with Gasteiger partial charge in [0.1, 0.15) is 0 Å². The van der Waals surface area contributed by atoms with Crippen LogP contribution < -0.4 is 0 Å². The summed E-state index contributed by atoms with van der Waals surface area (Å²) in [6, 6.07) is 0. The zero-order valence-corrected chi connectivity index (χ0v) is 10.7. The molecule has 0 rings (SSSR count). The van der Waals surface area contributed by atoms with Crippen LogP contribution in [0, 0.1) is 0 Å². The van der Waals surface area contributed by atoms with Gasteiger partial charge in [0.15, 0.2) is 0 Å². The molecular formula is C15H22O. The molecule has 0 radical (unpaired) electrons. The Morgan fingerprint density at radius 3 is 2.00 bits per heavy atom. The highest BCUT2D eigenvalue weighted by Gasteiger charge is 1.80. The molecular weight excluding hydrogens is 196 g/mol. The van der Waals surface area contributed by atoms with Crippen molar-refractivity contribution in [2.24, 2.45) is 0 Å². The molecule has 1 heteroatoms. The van der Waals surface area contributed by atoms with Gasteiger partial charge >= 0.3 is 0 Å². The van der Waals surface area contributed by atoms with E-state index in [1.165, 1.54) is 11.1 Å². The first-order chi connectivity index (χ1) is 7.56. The molecule has 0 aliphatic carbocycles. The number of hydrogen-bond acceptors (Lipinski definition) is 1. The van der Waals surface area contributed by atoms with Crippen LogP contribution in [0.1, 0.15) is 27.7 Å². The first-order valence-corrected chi connectivity index (χ1v) is 5.50. The third kappa shape index (κ3) is 9.22. The van der Waals surface area contributed by atoms with Crippen LogP contribution in [-0.4, -0.2) is 11.7 Å². The highest BCUT2D eigenvalue weighted by atomic mass is 16.2. The van der Waals surface area contributed by atoms with Crippen LogP contribution in [0.3, 0.4) is 0 Å². The summed E-state index contributed by atoms with van der Waals surface area (Å²) >= 11 is 0. The van der Waals surface area contributed by atoms with Gasteiger partial charge in [0.05, 0.1) is 6.61 Å².